The van der Waals surface area contributed by atoms with Gasteiger partial charge in [-0.15, -0.1) is 0 Å². The number of hydrogen-bond donors (Lipinski definition) is 0. The van der Waals surface area contributed by atoms with Crippen molar-refractivity contribution >= 4 is 16.3 Å². The Morgan fingerprint density at radius 1 is 1.44 bits per heavy atom. The van der Waals surface area contributed by atoms with Gasteiger partial charge in [0.15, 0.2) is 0 Å². The number of rotatable bonds is 1. The van der Waals surface area contributed by atoms with Gasteiger partial charge in [-0.3, -0.25) is 0 Å². The normalized spacial score (nSPS) is 18.9. The van der Waals surface area contributed by atoms with Crippen LogP contribution >= 0.6 is 11.3 Å². The largest absolute Gasteiger partial charge is 0.222 e. The quantitative estimate of drug-likeness (QED) is 0.761. The number of hydrogen-bond acceptors (Lipinski definition) is 3. The third-order valence-electron chi connectivity index (χ3n) is 3.41. The van der Waals surface area contributed by atoms with Crippen LogP contribution in [0.3, 0.4) is 0 Å². The lowest BCUT2D eigenvalue weighted by Gasteiger charge is -2.28. The molecule has 2 heterocycles. The van der Waals surface area contributed by atoms with Gasteiger partial charge >= 0.3 is 0 Å². The third kappa shape index (κ3) is 1.47. The van der Waals surface area contributed by atoms with Crippen molar-refractivity contribution in [3.05, 3.63) is 16.4 Å². The average Bonchev–Trinajstić information content (AvgIpc) is 2.74. The maximum absolute atomic E-state index is 4.71. The first kappa shape index (κ1) is 10.3. The molecule has 0 radical (unpaired) electrons. The molecule has 0 saturated carbocycles. The summed E-state index contributed by atoms with van der Waals surface area (Å²) in [7, 11) is 0. The standard InChI is InChI=1S/C12H17N3S/c1-4-10-14-15-9-7-12(2,3)6-5-8(9)13-11(15)16-10/h4-7H2,1-3H3. The first-order chi connectivity index (χ1) is 7.59. The van der Waals surface area contributed by atoms with E-state index in [2.05, 4.69) is 30.4 Å². The van der Waals surface area contributed by atoms with Gasteiger partial charge in [-0.2, -0.15) is 5.10 Å². The fourth-order valence-corrected chi connectivity index (χ4v) is 3.26. The van der Waals surface area contributed by atoms with Crippen molar-refractivity contribution in [3.63, 3.8) is 0 Å². The molecule has 1 aliphatic rings. The topological polar surface area (TPSA) is 30.2 Å². The van der Waals surface area contributed by atoms with Crippen molar-refractivity contribution < 1.29 is 0 Å². The van der Waals surface area contributed by atoms with Gasteiger partial charge in [0.2, 0.25) is 4.96 Å². The van der Waals surface area contributed by atoms with Crippen LogP contribution in [0.4, 0.5) is 0 Å². The van der Waals surface area contributed by atoms with E-state index in [0.29, 0.717) is 5.41 Å². The minimum absolute atomic E-state index is 0.402. The summed E-state index contributed by atoms with van der Waals surface area (Å²) in [5.41, 5.74) is 3.03. The fraction of sp³-hybridized carbons (Fsp3) is 0.667. The summed E-state index contributed by atoms with van der Waals surface area (Å²) in [6.45, 7) is 6.82. The molecule has 3 rings (SSSR count). The number of nitrogens with zero attached hydrogens (tertiary/aromatic N) is 3. The molecule has 4 heteroatoms. The highest BCUT2D eigenvalue weighted by Gasteiger charge is 2.29. The highest BCUT2D eigenvalue weighted by Crippen LogP contribution is 2.35. The Balaban J connectivity index is 2.14. The lowest BCUT2D eigenvalue weighted by Crippen LogP contribution is -2.23. The first-order valence-electron chi connectivity index (χ1n) is 5.95. The third-order valence-corrected chi connectivity index (χ3v) is 4.46. The van der Waals surface area contributed by atoms with Gasteiger partial charge in [0.25, 0.3) is 0 Å². The molecular weight excluding hydrogens is 218 g/mol. The highest BCUT2D eigenvalue weighted by atomic mass is 32.1. The molecule has 0 aliphatic heterocycles. The maximum atomic E-state index is 4.71. The van der Waals surface area contributed by atoms with E-state index in [4.69, 9.17) is 4.98 Å². The van der Waals surface area contributed by atoms with Crippen molar-refractivity contribution in [1.82, 2.24) is 14.6 Å². The van der Waals surface area contributed by atoms with Gasteiger partial charge in [0.05, 0.1) is 11.4 Å². The van der Waals surface area contributed by atoms with E-state index in [1.807, 2.05) is 0 Å². The molecule has 16 heavy (non-hydrogen) atoms. The molecule has 0 saturated heterocycles. The van der Waals surface area contributed by atoms with Crippen molar-refractivity contribution in [2.45, 2.75) is 46.5 Å². The fourth-order valence-electron chi connectivity index (χ4n) is 2.39. The highest BCUT2D eigenvalue weighted by molar-refractivity contribution is 7.16. The zero-order valence-electron chi connectivity index (χ0n) is 10.1. The summed E-state index contributed by atoms with van der Waals surface area (Å²) in [6.07, 6.45) is 4.47. The van der Waals surface area contributed by atoms with E-state index in [9.17, 15) is 0 Å². The second-order valence-electron chi connectivity index (χ2n) is 5.39. The summed E-state index contributed by atoms with van der Waals surface area (Å²) >= 11 is 1.73. The molecule has 3 nitrogen and oxygen atoms in total. The molecule has 0 spiro atoms. The van der Waals surface area contributed by atoms with Crippen LogP contribution in [0.15, 0.2) is 0 Å². The van der Waals surface area contributed by atoms with Gasteiger partial charge in [-0.25, -0.2) is 9.50 Å². The second kappa shape index (κ2) is 3.29. The summed E-state index contributed by atoms with van der Waals surface area (Å²) in [6, 6.07) is 0. The van der Waals surface area contributed by atoms with Crippen LogP contribution in [0.2, 0.25) is 0 Å². The molecular formula is C12H17N3S. The van der Waals surface area contributed by atoms with Crippen LogP contribution < -0.4 is 0 Å². The van der Waals surface area contributed by atoms with E-state index < -0.39 is 0 Å². The summed E-state index contributed by atoms with van der Waals surface area (Å²) in [5, 5.41) is 5.83. The Kier molecular flexibility index (Phi) is 2.11. The van der Waals surface area contributed by atoms with Crippen LogP contribution in [0, 0.1) is 5.41 Å². The molecule has 1 aliphatic carbocycles. The Hall–Kier alpha value is -0.900. The molecule has 0 amide bonds. The second-order valence-corrected chi connectivity index (χ2v) is 6.43. The Labute approximate surface area is 99.5 Å². The van der Waals surface area contributed by atoms with E-state index in [-0.39, 0.29) is 0 Å². The zero-order valence-corrected chi connectivity index (χ0v) is 10.9. The van der Waals surface area contributed by atoms with Gasteiger partial charge in [0.1, 0.15) is 5.01 Å². The molecule has 2 aromatic rings. The van der Waals surface area contributed by atoms with Crippen LogP contribution in [0.1, 0.15) is 43.6 Å². The molecule has 0 unspecified atom stereocenters. The molecule has 0 N–H and O–H groups in total. The van der Waals surface area contributed by atoms with Crippen LogP contribution in [0.5, 0.6) is 0 Å². The first-order valence-corrected chi connectivity index (χ1v) is 6.77. The molecule has 0 atom stereocenters. The zero-order chi connectivity index (χ0) is 11.3. The lowest BCUT2D eigenvalue weighted by molar-refractivity contribution is 0.307. The Morgan fingerprint density at radius 3 is 3.00 bits per heavy atom. The van der Waals surface area contributed by atoms with Gasteiger partial charge in [0, 0.05) is 0 Å². The molecule has 86 valence electrons. The van der Waals surface area contributed by atoms with Crippen LogP contribution in [0.25, 0.3) is 4.96 Å². The number of fused-ring (bicyclic) bond motifs is 3. The summed E-state index contributed by atoms with van der Waals surface area (Å²) < 4.78 is 2.08. The summed E-state index contributed by atoms with van der Waals surface area (Å²) in [4.78, 5) is 5.79. The number of aromatic nitrogens is 3. The maximum Gasteiger partial charge on any atom is 0.212 e. The smallest absolute Gasteiger partial charge is 0.212 e. The lowest BCUT2D eigenvalue weighted by atomic mass is 9.78. The minimum atomic E-state index is 0.402. The van der Waals surface area contributed by atoms with E-state index in [1.165, 1.54) is 22.8 Å². The Bertz CT molecular complexity index is 536. The molecule has 0 fully saturated rings. The van der Waals surface area contributed by atoms with Crippen LogP contribution in [-0.4, -0.2) is 14.6 Å². The van der Waals surface area contributed by atoms with E-state index in [0.717, 1.165) is 24.2 Å². The van der Waals surface area contributed by atoms with Crippen molar-refractivity contribution in [2.24, 2.45) is 5.41 Å². The predicted octanol–water partition coefficient (Wildman–Crippen LogP) is 2.87. The van der Waals surface area contributed by atoms with Gasteiger partial charge in [-0.1, -0.05) is 32.1 Å². The molecule has 2 aromatic heterocycles. The van der Waals surface area contributed by atoms with Crippen molar-refractivity contribution in [1.29, 1.82) is 0 Å². The number of imidazole rings is 1. The van der Waals surface area contributed by atoms with E-state index in [1.54, 1.807) is 11.3 Å². The van der Waals surface area contributed by atoms with Crippen molar-refractivity contribution in [3.8, 4) is 0 Å². The summed E-state index contributed by atoms with van der Waals surface area (Å²) in [5.74, 6) is 0. The van der Waals surface area contributed by atoms with Crippen molar-refractivity contribution in [2.75, 3.05) is 0 Å². The van der Waals surface area contributed by atoms with Gasteiger partial charge in [-0.05, 0) is 31.1 Å². The minimum Gasteiger partial charge on any atom is -0.222 e. The molecule has 0 aromatic carbocycles. The van der Waals surface area contributed by atoms with Gasteiger partial charge < -0.3 is 0 Å². The Morgan fingerprint density at radius 2 is 2.25 bits per heavy atom. The monoisotopic (exact) mass is 235 g/mol. The van der Waals surface area contributed by atoms with Crippen LogP contribution in [-0.2, 0) is 19.3 Å². The van der Waals surface area contributed by atoms with E-state index >= 15 is 0 Å². The predicted molar refractivity (Wildman–Crippen MR) is 66.0 cm³/mol. The average molecular weight is 235 g/mol. The number of aryl methyl sites for hydroxylation is 2. The SMILES string of the molecule is CCc1nn2c3c(nc2s1)CCC(C)(C)C3. The molecule has 0 bridgehead atoms.